The van der Waals surface area contributed by atoms with Gasteiger partial charge in [-0.15, -0.1) is 21.5 Å². The van der Waals surface area contributed by atoms with Crippen LogP contribution in [0.15, 0.2) is 74.8 Å². The summed E-state index contributed by atoms with van der Waals surface area (Å²) < 4.78 is 22.0. The van der Waals surface area contributed by atoms with Crippen LogP contribution in [0, 0.1) is 5.82 Å². The van der Waals surface area contributed by atoms with Gasteiger partial charge in [-0.25, -0.2) is 9.40 Å². The number of furan rings is 1. The number of hydrogen-bond donors (Lipinski definition) is 0. The number of thioether (sulfide) groups is 1. The molecule has 10 heteroatoms. The number of aromatic nitrogens is 3. The zero-order valence-electron chi connectivity index (χ0n) is 18.0. The van der Waals surface area contributed by atoms with Gasteiger partial charge in [0, 0.05) is 12.5 Å². The molecule has 0 radical (unpaired) electrons. The Labute approximate surface area is 203 Å². The maximum absolute atomic E-state index is 14.4. The largest absolute Gasteiger partial charge is 0.467 e. The molecule has 172 valence electrons. The van der Waals surface area contributed by atoms with E-state index in [-0.39, 0.29) is 29.6 Å². The van der Waals surface area contributed by atoms with E-state index in [9.17, 15) is 9.18 Å². The normalized spacial score (nSPS) is 17.9. The van der Waals surface area contributed by atoms with Crippen LogP contribution in [0.4, 0.5) is 4.39 Å². The van der Waals surface area contributed by atoms with E-state index < -0.39 is 0 Å². The molecular weight excluding hydrogens is 473 g/mol. The number of nitrogens with zero attached hydrogens (tertiary/aromatic N) is 5. The fourth-order valence-electron chi connectivity index (χ4n) is 4.09. The van der Waals surface area contributed by atoms with Crippen molar-refractivity contribution >= 4 is 34.7 Å². The molecule has 0 N–H and O–H groups in total. The van der Waals surface area contributed by atoms with Gasteiger partial charge in [-0.2, -0.15) is 5.10 Å². The standard InChI is InChI=1S/C24H20FN5O2S2/c25-17-6-2-1-5-16(17)23-26-27-24(29(23)15-9-10-15)34-14-22(31)30-19(20-7-3-11-32-20)13-18(28-30)21-8-4-12-33-21/h1-8,11-12,15,19H,9-10,13-14H2. The fourth-order valence-corrected chi connectivity index (χ4v) is 5.67. The first-order valence-corrected chi connectivity index (χ1v) is 12.8. The molecule has 1 fully saturated rings. The van der Waals surface area contributed by atoms with Crippen LogP contribution >= 0.6 is 23.1 Å². The predicted octanol–water partition coefficient (Wildman–Crippen LogP) is 5.54. The van der Waals surface area contributed by atoms with Gasteiger partial charge in [-0.1, -0.05) is 30.0 Å². The highest BCUT2D eigenvalue weighted by Gasteiger charge is 2.36. The average molecular weight is 494 g/mol. The summed E-state index contributed by atoms with van der Waals surface area (Å²) in [5.41, 5.74) is 1.29. The summed E-state index contributed by atoms with van der Waals surface area (Å²) in [4.78, 5) is 14.4. The molecule has 1 atom stereocenters. The van der Waals surface area contributed by atoms with Gasteiger partial charge in [0.05, 0.1) is 28.2 Å². The first-order chi connectivity index (χ1) is 16.7. The molecule has 4 aromatic rings. The van der Waals surface area contributed by atoms with Crippen molar-refractivity contribution in [1.82, 2.24) is 19.8 Å². The Morgan fingerprint density at radius 3 is 2.76 bits per heavy atom. The van der Waals surface area contributed by atoms with E-state index in [0.29, 0.717) is 28.7 Å². The minimum Gasteiger partial charge on any atom is -0.467 e. The molecule has 1 aromatic carbocycles. The van der Waals surface area contributed by atoms with Crippen LogP contribution in [0.2, 0.25) is 0 Å². The van der Waals surface area contributed by atoms with Crippen LogP contribution < -0.4 is 0 Å². The number of benzene rings is 1. The van der Waals surface area contributed by atoms with E-state index >= 15 is 0 Å². The smallest absolute Gasteiger partial charge is 0.253 e. The van der Waals surface area contributed by atoms with Crippen molar-refractivity contribution in [2.24, 2.45) is 5.10 Å². The SMILES string of the molecule is O=C(CSc1nnc(-c2ccccc2F)n1C1CC1)N1N=C(c2cccs2)CC1c1ccco1. The van der Waals surface area contributed by atoms with E-state index in [4.69, 9.17) is 4.42 Å². The van der Waals surface area contributed by atoms with E-state index in [1.165, 1.54) is 22.8 Å². The third-order valence-corrected chi connectivity index (χ3v) is 7.71. The summed E-state index contributed by atoms with van der Waals surface area (Å²) in [7, 11) is 0. The van der Waals surface area contributed by atoms with Crippen LogP contribution in [0.1, 0.15) is 42.0 Å². The Morgan fingerprint density at radius 1 is 1.15 bits per heavy atom. The van der Waals surface area contributed by atoms with E-state index in [1.54, 1.807) is 35.8 Å². The second-order valence-corrected chi connectivity index (χ2v) is 10.1. The monoisotopic (exact) mass is 493 g/mol. The highest BCUT2D eigenvalue weighted by molar-refractivity contribution is 7.99. The van der Waals surface area contributed by atoms with E-state index in [2.05, 4.69) is 15.3 Å². The molecule has 1 amide bonds. The number of thiophene rings is 1. The Morgan fingerprint density at radius 2 is 2.03 bits per heavy atom. The summed E-state index contributed by atoms with van der Waals surface area (Å²) in [6, 6.07) is 14.2. The van der Waals surface area contributed by atoms with Gasteiger partial charge in [0.25, 0.3) is 5.91 Å². The van der Waals surface area contributed by atoms with Gasteiger partial charge >= 0.3 is 0 Å². The van der Waals surface area contributed by atoms with Gasteiger partial charge in [0.15, 0.2) is 11.0 Å². The summed E-state index contributed by atoms with van der Waals surface area (Å²) in [5, 5.41) is 17.4. The molecule has 0 bridgehead atoms. The molecule has 1 aliphatic heterocycles. The van der Waals surface area contributed by atoms with Gasteiger partial charge in [0.2, 0.25) is 0 Å². The number of carbonyl (C=O) groups is 1. The lowest BCUT2D eigenvalue weighted by molar-refractivity contribution is -0.130. The number of hydrogen-bond acceptors (Lipinski definition) is 7. The van der Waals surface area contributed by atoms with Crippen molar-refractivity contribution in [3.8, 4) is 11.4 Å². The van der Waals surface area contributed by atoms with Crippen LogP contribution in [0.5, 0.6) is 0 Å². The van der Waals surface area contributed by atoms with Crippen molar-refractivity contribution in [1.29, 1.82) is 0 Å². The fraction of sp³-hybridized carbons (Fsp3) is 0.250. The van der Waals surface area contributed by atoms with Crippen molar-refractivity contribution < 1.29 is 13.6 Å². The Balaban J connectivity index is 1.24. The lowest BCUT2D eigenvalue weighted by atomic mass is 10.1. The van der Waals surface area contributed by atoms with Crippen molar-refractivity contribution in [2.75, 3.05) is 5.75 Å². The third kappa shape index (κ3) is 3.97. The van der Waals surface area contributed by atoms with Crippen LogP contribution in [0.25, 0.3) is 11.4 Å². The molecule has 0 saturated heterocycles. The van der Waals surface area contributed by atoms with Crippen molar-refractivity contribution in [2.45, 2.75) is 36.5 Å². The quantitative estimate of drug-likeness (QED) is 0.316. The number of carbonyl (C=O) groups excluding carboxylic acids is 1. The number of amides is 1. The summed E-state index contributed by atoms with van der Waals surface area (Å²) >= 11 is 2.91. The molecule has 4 heterocycles. The molecule has 1 saturated carbocycles. The number of rotatable bonds is 7. The maximum Gasteiger partial charge on any atom is 0.253 e. The number of halogens is 1. The minimum absolute atomic E-state index is 0.139. The molecule has 2 aliphatic rings. The molecule has 6 rings (SSSR count). The van der Waals surface area contributed by atoms with E-state index in [1.807, 2.05) is 34.2 Å². The highest BCUT2D eigenvalue weighted by atomic mass is 32.2. The topological polar surface area (TPSA) is 76.5 Å². The average Bonchev–Trinajstić information content (AvgIpc) is 3.35. The molecule has 0 spiro atoms. The maximum atomic E-state index is 14.4. The number of hydrazone groups is 1. The van der Waals surface area contributed by atoms with Gasteiger partial charge in [-0.3, -0.25) is 9.36 Å². The van der Waals surface area contributed by atoms with Crippen LogP contribution in [-0.2, 0) is 4.79 Å². The van der Waals surface area contributed by atoms with Crippen molar-refractivity contribution in [3.63, 3.8) is 0 Å². The first-order valence-electron chi connectivity index (χ1n) is 11.0. The summed E-state index contributed by atoms with van der Waals surface area (Å²) in [6.45, 7) is 0. The second-order valence-electron chi connectivity index (χ2n) is 8.17. The molecular formula is C24H20FN5O2S2. The van der Waals surface area contributed by atoms with Crippen LogP contribution in [-0.4, -0.2) is 37.1 Å². The molecule has 7 nitrogen and oxygen atoms in total. The summed E-state index contributed by atoms with van der Waals surface area (Å²) in [5.74, 6) is 0.870. The first kappa shape index (κ1) is 21.3. The molecule has 1 aliphatic carbocycles. The predicted molar refractivity (Wildman–Crippen MR) is 128 cm³/mol. The van der Waals surface area contributed by atoms with Gasteiger partial charge < -0.3 is 4.42 Å². The zero-order chi connectivity index (χ0) is 23.1. The summed E-state index contributed by atoms with van der Waals surface area (Å²) in [6.07, 6.45) is 4.18. The third-order valence-electron chi connectivity index (χ3n) is 5.86. The van der Waals surface area contributed by atoms with Crippen LogP contribution in [0.3, 0.4) is 0 Å². The lowest BCUT2D eigenvalue weighted by Gasteiger charge is -2.19. The molecule has 3 aromatic heterocycles. The van der Waals surface area contributed by atoms with Gasteiger partial charge in [-0.05, 0) is 48.6 Å². The van der Waals surface area contributed by atoms with Crippen molar-refractivity contribution in [3.05, 3.63) is 76.6 Å². The Hall–Kier alpha value is -3.24. The Bertz CT molecular complexity index is 1350. The second kappa shape index (κ2) is 8.84. The lowest BCUT2D eigenvalue weighted by Crippen LogP contribution is -2.28. The van der Waals surface area contributed by atoms with Gasteiger partial charge in [0.1, 0.15) is 17.6 Å². The highest BCUT2D eigenvalue weighted by Crippen LogP contribution is 2.42. The molecule has 1 unspecified atom stereocenters. The molecule has 34 heavy (non-hydrogen) atoms. The minimum atomic E-state index is -0.335. The van der Waals surface area contributed by atoms with E-state index in [0.717, 1.165) is 23.4 Å². The Kier molecular flexibility index (Phi) is 5.54. The zero-order valence-corrected chi connectivity index (χ0v) is 19.6.